The molecule has 0 amide bonds. The van der Waals surface area contributed by atoms with Crippen LogP contribution in [-0.2, 0) is 11.3 Å². The van der Waals surface area contributed by atoms with Gasteiger partial charge in [-0.25, -0.2) is 0 Å². The number of hydrogen-bond acceptors (Lipinski definition) is 6. The lowest BCUT2D eigenvalue weighted by molar-refractivity contribution is 0.0230. The van der Waals surface area contributed by atoms with Gasteiger partial charge in [-0.2, -0.15) is 0 Å². The molecule has 0 saturated carbocycles. The summed E-state index contributed by atoms with van der Waals surface area (Å²) < 4.78 is 16.8. The maximum Gasteiger partial charge on any atom is 0.127 e. The zero-order valence-corrected chi connectivity index (χ0v) is 18.7. The third-order valence-corrected chi connectivity index (χ3v) is 5.54. The van der Waals surface area contributed by atoms with Crippen LogP contribution in [0.2, 0.25) is 0 Å². The highest BCUT2D eigenvalue weighted by molar-refractivity contribution is 5.40. The van der Waals surface area contributed by atoms with Gasteiger partial charge in [-0.15, -0.1) is 0 Å². The van der Waals surface area contributed by atoms with Gasteiger partial charge in [-0.1, -0.05) is 25.3 Å². The molecule has 1 aliphatic rings. The number of aliphatic hydroxyl groups is 1. The van der Waals surface area contributed by atoms with Gasteiger partial charge in [-0.3, -0.25) is 0 Å². The highest BCUT2D eigenvalue weighted by Crippen LogP contribution is 2.25. The lowest BCUT2D eigenvalue weighted by Crippen LogP contribution is -2.37. The normalized spacial score (nSPS) is 17.4. The minimum atomic E-state index is -0.506. The number of nitrogens with one attached hydrogen (secondary N) is 1. The molecule has 6 nitrogen and oxygen atoms in total. The first-order valence-electron chi connectivity index (χ1n) is 10.9. The standard InChI is InChI=1S/C23H40N2O4/c1-23(2,28-4)18-24-15-19-10-11-21(27-3)14-22(19)29-17-20(26)16-25-12-8-6-5-7-9-13-25/h10-11,14,20,24,26H,5-9,12-13,15-18H2,1-4H3. The Balaban J connectivity index is 1.89. The molecule has 1 fully saturated rings. The zero-order valence-electron chi connectivity index (χ0n) is 18.7. The molecule has 1 saturated heterocycles. The number of aliphatic hydroxyl groups excluding tert-OH is 1. The molecule has 0 spiro atoms. The maximum absolute atomic E-state index is 10.5. The number of likely N-dealkylation sites (tertiary alicyclic amines) is 1. The van der Waals surface area contributed by atoms with Crippen LogP contribution < -0.4 is 14.8 Å². The number of nitrogens with zero attached hydrogens (tertiary/aromatic N) is 1. The van der Waals surface area contributed by atoms with E-state index in [1.165, 1.54) is 32.1 Å². The van der Waals surface area contributed by atoms with Crippen molar-refractivity contribution in [3.63, 3.8) is 0 Å². The topological polar surface area (TPSA) is 63.2 Å². The second kappa shape index (κ2) is 12.4. The SMILES string of the molecule is COc1ccc(CNCC(C)(C)OC)c(OCC(O)CN2CCCCCCC2)c1. The molecule has 2 rings (SSSR count). The van der Waals surface area contributed by atoms with Crippen molar-refractivity contribution in [3.05, 3.63) is 23.8 Å². The maximum atomic E-state index is 10.5. The van der Waals surface area contributed by atoms with Crippen molar-refractivity contribution in [2.75, 3.05) is 47.0 Å². The first kappa shape index (κ1) is 23.9. The monoisotopic (exact) mass is 408 g/mol. The van der Waals surface area contributed by atoms with Crippen molar-refractivity contribution >= 4 is 0 Å². The van der Waals surface area contributed by atoms with Crippen LogP contribution in [0.4, 0.5) is 0 Å². The number of hydrogen-bond donors (Lipinski definition) is 2. The molecule has 1 atom stereocenters. The fourth-order valence-electron chi connectivity index (χ4n) is 3.54. The fraction of sp³-hybridized carbons (Fsp3) is 0.739. The number of β-amino-alcohol motifs (C(OH)–C–C–N with tert-alkyl or cyclic N) is 1. The highest BCUT2D eigenvalue weighted by atomic mass is 16.5. The second-order valence-electron chi connectivity index (χ2n) is 8.57. The van der Waals surface area contributed by atoms with Gasteiger partial charge in [0.05, 0.1) is 12.7 Å². The van der Waals surface area contributed by atoms with Crippen LogP contribution in [0.5, 0.6) is 11.5 Å². The van der Waals surface area contributed by atoms with E-state index in [2.05, 4.69) is 10.2 Å². The van der Waals surface area contributed by atoms with Crippen LogP contribution in [0, 0.1) is 0 Å². The first-order chi connectivity index (χ1) is 13.9. The van der Waals surface area contributed by atoms with E-state index < -0.39 is 6.10 Å². The lowest BCUT2D eigenvalue weighted by atomic mass is 10.1. The number of methoxy groups -OCH3 is 2. The van der Waals surface area contributed by atoms with Crippen LogP contribution in [0.3, 0.4) is 0 Å². The zero-order chi connectivity index (χ0) is 21.1. The predicted molar refractivity (Wildman–Crippen MR) is 117 cm³/mol. The van der Waals surface area contributed by atoms with Gasteiger partial charge in [0.15, 0.2) is 0 Å². The molecule has 0 aromatic heterocycles. The van der Waals surface area contributed by atoms with Crippen LogP contribution in [0.15, 0.2) is 18.2 Å². The molecule has 1 heterocycles. The van der Waals surface area contributed by atoms with Crippen molar-refractivity contribution in [1.82, 2.24) is 10.2 Å². The molecule has 1 unspecified atom stereocenters. The van der Waals surface area contributed by atoms with Crippen molar-refractivity contribution in [2.45, 2.75) is 64.2 Å². The third-order valence-electron chi connectivity index (χ3n) is 5.54. The molecule has 0 aliphatic carbocycles. The summed E-state index contributed by atoms with van der Waals surface area (Å²) in [5.74, 6) is 1.50. The van der Waals surface area contributed by atoms with E-state index in [0.717, 1.165) is 36.7 Å². The Morgan fingerprint density at radius 1 is 1.10 bits per heavy atom. The average Bonchev–Trinajstić information content (AvgIpc) is 2.69. The number of benzene rings is 1. The van der Waals surface area contributed by atoms with E-state index in [9.17, 15) is 5.11 Å². The van der Waals surface area contributed by atoms with Crippen LogP contribution in [0.1, 0.15) is 51.5 Å². The highest BCUT2D eigenvalue weighted by Gasteiger charge is 2.17. The summed E-state index contributed by atoms with van der Waals surface area (Å²) >= 11 is 0. The van der Waals surface area contributed by atoms with Gasteiger partial charge < -0.3 is 29.5 Å². The van der Waals surface area contributed by atoms with Gasteiger partial charge in [-0.05, 0) is 45.8 Å². The Labute approximate surface area is 176 Å². The van der Waals surface area contributed by atoms with Gasteiger partial charge >= 0.3 is 0 Å². The van der Waals surface area contributed by atoms with Crippen molar-refractivity contribution in [2.24, 2.45) is 0 Å². The molecule has 1 aromatic carbocycles. The van der Waals surface area contributed by atoms with Gasteiger partial charge in [0.25, 0.3) is 0 Å². The van der Waals surface area contributed by atoms with Gasteiger partial charge in [0.1, 0.15) is 24.2 Å². The summed E-state index contributed by atoms with van der Waals surface area (Å²) in [6, 6.07) is 5.83. The van der Waals surface area contributed by atoms with Crippen LogP contribution in [0.25, 0.3) is 0 Å². The molecule has 2 N–H and O–H groups in total. The smallest absolute Gasteiger partial charge is 0.127 e. The molecule has 0 radical (unpaired) electrons. The molecule has 29 heavy (non-hydrogen) atoms. The minimum Gasteiger partial charge on any atom is -0.497 e. The van der Waals surface area contributed by atoms with E-state index in [4.69, 9.17) is 14.2 Å². The fourth-order valence-corrected chi connectivity index (χ4v) is 3.54. The van der Waals surface area contributed by atoms with Crippen molar-refractivity contribution in [3.8, 4) is 11.5 Å². The van der Waals surface area contributed by atoms with Gasteiger partial charge in [0.2, 0.25) is 0 Å². The van der Waals surface area contributed by atoms with Crippen LogP contribution in [-0.4, -0.2) is 68.7 Å². The molecule has 166 valence electrons. The Bertz CT molecular complexity index is 586. The summed E-state index contributed by atoms with van der Waals surface area (Å²) in [4.78, 5) is 2.37. The van der Waals surface area contributed by atoms with E-state index in [0.29, 0.717) is 13.1 Å². The molecule has 1 aliphatic heterocycles. The third kappa shape index (κ3) is 8.91. The largest absolute Gasteiger partial charge is 0.497 e. The summed E-state index contributed by atoms with van der Waals surface area (Å²) in [5, 5.41) is 13.9. The summed E-state index contributed by atoms with van der Waals surface area (Å²) in [6.07, 6.45) is 5.86. The summed E-state index contributed by atoms with van der Waals surface area (Å²) in [7, 11) is 3.37. The Morgan fingerprint density at radius 3 is 2.45 bits per heavy atom. The van der Waals surface area contributed by atoms with E-state index in [1.54, 1.807) is 14.2 Å². The van der Waals surface area contributed by atoms with Gasteiger partial charge in [0, 0.05) is 38.4 Å². The second-order valence-corrected chi connectivity index (χ2v) is 8.57. The molecule has 6 heteroatoms. The number of rotatable bonds is 11. The molecule has 1 aromatic rings. The first-order valence-corrected chi connectivity index (χ1v) is 10.9. The predicted octanol–water partition coefficient (Wildman–Crippen LogP) is 3.22. The minimum absolute atomic E-state index is 0.226. The molecular formula is C23H40N2O4. The van der Waals surface area contributed by atoms with Crippen molar-refractivity contribution < 1.29 is 19.3 Å². The van der Waals surface area contributed by atoms with E-state index in [-0.39, 0.29) is 12.2 Å². The summed E-state index contributed by atoms with van der Waals surface area (Å²) in [5.41, 5.74) is 0.812. The Kier molecular flexibility index (Phi) is 10.2. The Morgan fingerprint density at radius 2 is 1.79 bits per heavy atom. The van der Waals surface area contributed by atoms with Crippen LogP contribution >= 0.6 is 0 Å². The quantitative estimate of drug-likeness (QED) is 0.586. The number of ether oxygens (including phenoxy) is 3. The average molecular weight is 409 g/mol. The summed E-state index contributed by atoms with van der Waals surface area (Å²) in [6.45, 7) is 8.57. The van der Waals surface area contributed by atoms with E-state index >= 15 is 0 Å². The Hall–Kier alpha value is -1.34. The lowest BCUT2D eigenvalue weighted by Gasteiger charge is -2.27. The molecular weight excluding hydrogens is 368 g/mol. The van der Waals surface area contributed by atoms with Crippen molar-refractivity contribution in [1.29, 1.82) is 0 Å². The van der Waals surface area contributed by atoms with E-state index in [1.807, 2.05) is 32.0 Å². The molecule has 0 bridgehead atoms.